The van der Waals surface area contributed by atoms with Crippen LogP contribution < -0.4 is 4.90 Å². The number of amides is 1. The summed E-state index contributed by atoms with van der Waals surface area (Å²) in [5.74, 6) is -0.331. The zero-order chi connectivity index (χ0) is 19.7. The molecule has 0 saturated carbocycles. The van der Waals surface area contributed by atoms with E-state index in [1.165, 1.54) is 24.5 Å². The minimum absolute atomic E-state index is 0.307. The Hall–Kier alpha value is -2.45. The van der Waals surface area contributed by atoms with Crippen LogP contribution in [0.4, 0.5) is 5.69 Å². The number of benzene rings is 1. The number of carbonyl (C=O) groups excluding carboxylic acids is 1. The summed E-state index contributed by atoms with van der Waals surface area (Å²) >= 11 is 1.46. The smallest absolute Gasteiger partial charge is 0.245 e. The number of fused-ring (bicyclic) bond motifs is 1. The fourth-order valence-electron chi connectivity index (χ4n) is 3.35. The summed E-state index contributed by atoms with van der Waals surface area (Å²) < 4.78 is 31.1. The molecule has 0 N–H and O–H groups in total. The third-order valence-corrected chi connectivity index (χ3v) is 7.73. The number of anilines is 1. The maximum atomic E-state index is 13.0. The first-order valence-corrected chi connectivity index (χ1v) is 11.6. The Morgan fingerprint density at radius 2 is 2.11 bits per heavy atom. The number of rotatable bonds is 5. The van der Waals surface area contributed by atoms with Crippen LogP contribution in [0.25, 0.3) is 10.8 Å². The van der Waals surface area contributed by atoms with Crippen molar-refractivity contribution in [1.82, 2.24) is 4.98 Å². The van der Waals surface area contributed by atoms with Crippen LogP contribution in [0.1, 0.15) is 24.6 Å². The van der Waals surface area contributed by atoms with Crippen LogP contribution >= 0.6 is 11.3 Å². The zero-order valence-corrected chi connectivity index (χ0v) is 17.0. The van der Waals surface area contributed by atoms with E-state index < -0.39 is 21.0 Å². The van der Waals surface area contributed by atoms with Gasteiger partial charge in [0.15, 0.2) is 9.84 Å². The molecule has 0 radical (unpaired) electrons. The van der Waals surface area contributed by atoms with E-state index in [4.69, 9.17) is 4.42 Å². The van der Waals surface area contributed by atoms with Crippen LogP contribution in [0.15, 0.2) is 52.5 Å². The Kier molecular flexibility index (Phi) is 5.07. The number of sulfone groups is 1. The highest BCUT2D eigenvalue weighted by molar-refractivity contribution is 7.92. The summed E-state index contributed by atoms with van der Waals surface area (Å²) in [4.78, 5) is 19.7. The summed E-state index contributed by atoms with van der Waals surface area (Å²) in [7, 11) is -3.73. The standard InChI is InChI=1S/C20H20N2O4S2/c1-14(20(23)22-10-4-7-15-6-2-3-8-17(15)22)28(24,25)13-16-12-26-19(21-16)18-9-5-11-27-18/h2-3,5-6,8-9,11-12,14H,4,7,10,13H2,1H3. The second kappa shape index (κ2) is 7.52. The maximum Gasteiger partial charge on any atom is 0.245 e. The van der Waals surface area contributed by atoms with Gasteiger partial charge < -0.3 is 9.32 Å². The van der Waals surface area contributed by atoms with Crippen molar-refractivity contribution in [3.05, 3.63) is 59.3 Å². The van der Waals surface area contributed by atoms with Crippen molar-refractivity contribution in [2.75, 3.05) is 11.4 Å². The van der Waals surface area contributed by atoms with E-state index >= 15 is 0 Å². The summed E-state index contributed by atoms with van der Waals surface area (Å²) in [5, 5.41) is 0.744. The molecule has 1 atom stereocenters. The normalized spacial score (nSPS) is 15.2. The molecule has 3 heterocycles. The second-order valence-electron chi connectivity index (χ2n) is 6.79. The Balaban J connectivity index is 1.52. The highest BCUT2D eigenvalue weighted by atomic mass is 32.2. The minimum atomic E-state index is -3.73. The van der Waals surface area contributed by atoms with Gasteiger partial charge in [-0.05, 0) is 42.8 Å². The molecule has 8 heteroatoms. The quantitative estimate of drug-likeness (QED) is 0.634. The zero-order valence-electron chi connectivity index (χ0n) is 15.4. The van der Waals surface area contributed by atoms with Crippen molar-refractivity contribution >= 4 is 32.8 Å². The first-order chi connectivity index (χ1) is 13.5. The minimum Gasteiger partial charge on any atom is -0.444 e. The van der Waals surface area contributed by atoms with Gasteiger partial charge in [0.2, 0.25) is 11.8 Å². The van der Waals surface area contributed by atoms with Crippen molar-refractivity contribution in [2.45, 2.75) is 30.8 Å². The molecule has 4 rings (SSSR count). The van der Waals surface area contributed by atoms with Crippen molar-refractivity contribution in [3.63, 3.8) is 0 Å². The Bertz CT molecular complexity index is 1090. The van der Waals surface area contributed by atoms with Crippen LogP contribution in [0.3, 0.4) is 0 Å². The number of thiophene rings is 1. The lowest BCUT2D eigenvalue weighted by Gasteiger charge is -2.31. The highest BCUT2D eigenvalue weighted by Gasteiger charge is 2.34. The lowest BCUT2D eigenvalue weighted by atomic mass is 10.0. The van der Waals surface area contributed by atoms with Gasteiger partial charge in [0.25, 0.3) is 0 Å². The Morgan fingerprint density at radius 3 is 2.89 bits per heavy atom. The van der Waals surface area contributed by atoms with Crippen LogP contribution in [-0.2, 0) is 26.8 Å². The van der Waals surface area contributed by atoms with Crippen molar-refractivity contribution in [2.24, 2.45) is 0 Å². The molecular formula is C20H20N2O4S2. The van der Waals surface area contributed by atoms with Crippen LogP contribution in [0.5, 0.6) is 0 Å². The number of carbonyl (C=O) groups is 1. The van der Waals surface area contributed by atoms with Gasteiger partial charge in [-0.3, -0.25) is 4.79 Å². The first-order valence-electron chi connectivity index (χ1n) is 9.05. The fourth-order valence-corrected chi connectivity index (χ4v) is 5.24. The van der Waals surface area contributed by atoms with E-state index in [1.807, 2.05) is 41.8 Å². The summed E-state index contributed by atoms with van der Waals surface area (Å²) in [5.41, 5.74) is 2.19. The molecule has 0 aliphatic carbocycles. The van der Waals surface area contributed by atoms with Crippen LogP contribution in [0.2, 0.25) is 0 Å². The van der Waals surface area contributed by atoms with E-state index in [-0.39, 0.29) is 5.75 Å². The number of nitrogens with zero attached hydrogens (tertiary/aromatic N) is 2. The Labute approximate surface area is 167 Å². The third-order valence-electron chi connectivity index (χ3n) is 4.90. The van der Waals surface area contributed by atoms with Crippen LogP contribution in [0, 0.1) is 0 Å². The SMILES string of the molecule is CC(C(=O)N1CCCc2ccccc21)S(=O)(=O)Cc1coc(-c2cccs2)n1. The van der Waals surface area contributed by atoms with E-state index in [1.54, 1.807) is 4.90 Å². The topological polar surface area (TPSA) is 80.5 Å². The Morgan fingerprint density at radius 1 is 1.29 bits per heavy atom. The lowest BCUT2D eigenvalue weighted by Crippen LogP contribution is -2.44. The molecule has 6 nitrogen and oxygen atoms in total. The van der Waals surface area contributed by atoms with Crippen LogP contribution in [-0.4, -0.2) is 31.1 Å². The monoisotopic (exact) mass is 416 g/mol. The molecule has 1 aromatic carbocycles. The van der Waals surface area contributed by atoms with Gasteiger partial charge >= 0.3 is 0 Å². The van der Waals surface area contributed by atoms with Gasteiger partial charge in [0.05, 0.1) is 16.3 Å². The molecule has 2 aromatic heterocycles. The van der Waals surface area contributed by atoms with Gasteiger partial charge in [0.1, 0.15) is 11.5 Å². The molecule has 0 fully saturated rings. The molecule has 146 valence electrons. The molecule has 0 saturated heterocycles. The van der Waals surface area contributed by atoms with E-state index in [0.717, 1.165) is 29.0 Å². The van der Waals surface area contributed by atoms with Crippen molar-refractivity contribution in [1.29, 1.82) is 0 Å². The maximum absolute atomic E-state index is 13.0. The predicted molar refractivity (Wildman–Crippen MR) is 109 cm³/mol. The number of para-hydroxylation sites is 1. The number of aryl methyl sites for hydroxylation is 1. The average molecular weight is 417 g/mol. The second-order valence-corrected chi connectivity index (χ2v) is 10.1. The molecule has 0 bridgehead atoms. The van der Waals surface area contributed by atoms with Gasteiger partial charge in [-0.1, -0.05) is 24.3 Å². The summed E-state index contributed by atoms with van der Waals surface area (Å²) in [6, 6.07) is 11.4. The molecule has 0 spiro atoms. The highest BCUT2D eigenvalue weighted by Crippen LogP contribution is 2.29. The fraction of sp³-hybridized carbons (Fsp3) is 0.300. The lowest BCUT2D eigenvalue weighted by molar-refractivity contribution is -0.118. The largest absolute Gasteiger partial charge is 0.444 e. The predicted octanol–water partition coefficient (Wildman–Crippen LogP) is 3.69. The first kappa shape index (κ1) is 18.9. The number of oxazole rings is 1. The van der Waals surface area contributed by atoms with E-state index in [2.05, 4.69) is 4.98 Å². The third kappa shape index (κ3) is 3.62. The van der Waals surface area contributed by atoms with Crippen molar-refractivity contribution < 1.29 is 17.6 Å². The molecule has 1 aliphatic heterocycles. The number of hydrogen-bond acceptors (Lipinski definition) is 6. The summed E-state index contributed by atoms with van der Waals surface area (Å²) in [6.07, 6.45) is 3.06. The van der Waals surface area contributed by atoms with Gasteiger partial charge in [-0.15, -0.1) is 11.3 Å². The van der Waals surface area contributed by atoms with E-state index in [0.29, 0.717) is 18.1 Å². The molecule has 1 aliphatic rings. The molecule has 28 heavy (non-hydrogen) atoms. The average Bonchev–Trinajstić information content (AvgIpc) is 3.38. The van der Waals surface area contributed by atoms with Gasteiger partial charge in [-0.25, -0.2) is 13.4 Å². The molecule has 1 unspecified atom stereocenters. The van der Waals surface area contributed by atoms with Gasteiger partial charge in [0, 0.05) is 12.2 Å². The van der Waals surface area contributed by atoms with Gasteiger partial charge in [-0.2, -0.15) is 0 Å². The van der Waals surface area contributed by atoms with E-state index in [9.17, 15) is 13.2 Å². The number of hydrogen-bond donors (Lipinski definition) is 0. The van der Waals surface area contributed by atoms with Crippen molar-refractivity contribution in [3.8, 4) is 10.8 Å². The molecular weight excluding hydrogens is 396 g/mol. The number of aromatic nitrogens is 1. The summed E-state index contributed by atoms with van der Waals surface area (Å²) in [6.45, 7) is 1.98. The molecule has 1 amide bonds. The molecule has 3 aromatic rings.